The van der Waals surface area contributed by atoms with Crippen molar-refractivity contribution in [3.8, 4) is 5.75 Å². The van der Waals surface area contributed by atoms with Crippen molar-refractivity contribution < 1.29 is 18.3 Å². The Hall–Kier alpha value is -2.17. The topological polar surface area (TPSA) is 32.3 Å². The molecule has 2 aromatic rings. The number of phenolic OH excluding ortho intramolecular Hbond substituents is 1. The monoisotopic (exact) mass is 253 g/mol. The van der Waals surface area contributed by atoms with Crippen LogP contribution in [-0.2, 0) is 6.18 Å². The van der Waals surface area contributed by atoms with Gasteiger partial charge in [0, 0.05) is 5.69 Å². The van der Waals surface area contributed by atoms with Crippen LogP contribution in [0, 0.1) is 0 Å². The van der Waals surface area contributed by atoms with E-state index in [1.807, 2.05) is 0 Å². The van der Waals surface area contributed by atoms with Crippen LogP contribution >= 0.6 is 0 Å². The number of aromatic hydroxyl groups is 1. The van der Waals surface area contributed by atoms with Gasteiger partial charge in [0.15, 0.2) is 0 Å². The van der Waals surface area contributed by atoms with Gasteiger partial charge in [-0.3, -0.25) is 0 Å². The van der Waals surface area contributed by atoms with Crippen molar-refractivity contribution in [3.05, 3.63) is 54.1 Å². The smallest absolute Gasteiger partial charge is 0.416 e. The molecule has 0 radical (unpaired) electrons. The van der Waals surface area contributed by atoms with Gasteiger partial charge in [0.1, 0.15) is 5.75 Å². The summed E-state index contributed by atoms with van der Waals surface area (Å²) in [5.74, 6) is 0.0393. The standard InChI is InChI=1S/C13H10F3NO/c14-13(15,16)9-5-7-10(8-6-9)17-11-3-1-2-4-12(11)18/h1-8,17-18H. The van der Waals surface area contributed by atoms with Crippen molar-refractivity contribution in [1.29, 1.82) is 0 Å². The number of alkyl halides is 3. The largest absolute Gasteiger partial charge is 0.506 e. The molecular weight excluding hydrogens is 243 g/mol. The van der Waals surface area contributed by atoms with Gasteiger partial charge in [-0.05, 0) is 36.4 Å². The molecule has 0 aromatic heterocycles. The van der Waals surface area contributed by atoms with Crippen LogP contribution in [0.3, 0.4) is 0 Å². The summed E-state index contributed by atoms with van der Waals surface area (Å²) in [5.41, 5.74) is 0.215. The zero-order chi connectivity index (χ0) is 13.2. The highest BCUT2D eigenvalue weighted by Crippen LogP contribution is 2.31. The Morgan fingerprint density at radius 1 is 0.889 bits per heavy atom. The average Bonchev–Trinajstić information content (AvgIpc) is 2.32. The minimum atomic E-state index is -4.34. The van der Waals surface area contributed by atoms with Gasteiger partial charge in [0.2, 0.25) is 0 Å². The molecule has 2 nitrogen and oxygen atoms in total. The summed E-state index contributed by atoms with van der Waals surface area (Å²) in [7, 11) is 0. The van der Waals surface area contributed by atoms with Crippen molar-refractivity contribution in [2.45, 2.75) is 6.18 Å². The number of halogens is 3. The summed E-state index contributed by atoms with van der Waals surface area (Å²) >= 11 is 0. The van der Waals surface area contributed by atoms with E-state index >= 15 is 0 Å². The van der Waals surface area contributed by atoms with Gasteiger partial charge >= 0.3 is 6.18 Å². The molecule has 0 amide bonds. The number of hydrogen-bond donors (Lipinski definition) is 2. The second-order valence-corrected chi connectivity index (χ2v) is 3.72. The summed E-state index contributed by atoms with van der Waals surface area (Å²) in [4.78, 5) is 0. The molecule has 5 heteroatoms. The predicted octanol–water partition coefficient (Wildman–Crippen LogP) is 4.15. The molecule has 0 aliphatic heterocycles. The maximum Gasteiger partial charge on any atom is 0.416 e. The third kappa shape index (κ3) is 2.74. The number of rotatable bonds is 2. The van der Waals surface area contributed by atoms with Crippen LogP contribution in [0.4, 0.5) is 24.5 Å². The van der Waals surface area contributed by atoms with Crippen LogP contribution in [0.5, 0.6) is 5.75 Å². The van der Waals surface area contributed by atoms with E-state index in [1.165, 1.54) is 18.2 Å². The molecule has 18 heavy (non-hydrogen) atoms. The minimum absolute atomic E-state index is 0.0393. The molecule has 0 aliphatic carbocycles. The van der Waals surface area contributed by atoms with E-state index in [0.29, 0.717) is 11.4 Å². The molecule has 0 spiro atoms. The molecule has 0 aliphatic rings. The van der Waals surface area contributed by atoms with E-state index in [2.05, 4.69) is 5.32 Å². The lowest BCUT2D eigenvalue weighted by Gasteiger charge is -2.10. The van der Waals surface area contributed by atoms with Gasteiger partial charge in [-0.2, -0.15) is 13.2 Å². The highest BCUT2D eigenvalue weighted by atomic mass is 19.4. The number of anilines is 2. The fraction of sp³-hybridized carbons (Fsp3) is 0.0769. The van der Waals surface area contributed by atoms with Crippen LogP contribution in [0.2, 0.25) is 0 Å². The summed E-state index contributed by atoms with van der Waals surface area (Å²) in [5, 5.41) is 12.3. The van der Waals surface area contributed by atoms with Crippen LogP contribution in [0.25, 0.3) is 0 Å². The molecule has 0 saturated carbocycles. The van der Waals surface area contributed by atoms with Gasteiger partial charge < -0.3 is 10.4 Å². The number of hydrogen-bond acceptors (Lipinski definition) is 2. The predicted molar refractivity (Wildman–Crippen MR) is 62.8 cm³/mol. The number of para-hydroxylation sites is 2. The van der Waals surface area contributed by atoms with Crippen molar-refractivity contribution in [1.82, 2.24) is 0 Å². The zero-order valence-electron chi connectivity index (χ0n) is 9.20. The number of phenols is 1. The van der Waals surface area contributed by atoms with Crippen LogP contribution in [-0.4, -0.2) is 5.11 Å². The molecule has 2 aromatic carbocycles. The normalized spacial score (nSPS) is 11.3. The quantitative estimate of drug-likeness (QED) is 0.788. The fourth-order valence-corrected chi connectivity index (χ4v) is 1.48. The zero-order valence-corrected chi connectivity index (χ0v) is 9.20. The summed E-state index contributed by atoms with van der Waals surface area (Å²) in [6, 6.07) is 11.1. The van der Waals surface area contributed by atoms with E-state index in [0.717, 1.165) is 12.1 Å². The van der Waals surface area contributed by atoms with Gasteiger partial charge in [0.25, 0.3) is 0 Å². The van der Waals surface area contributed by atoms with Crippen LogP contribution in [0.1, 0.15) is 5.56 Å². The lowest BCUT2D eigenvalue weighted by atomic mass is 10.2. The molecule has 0 heterocycles. The average molecular weight is 253 g/mol. The van der Waals surface area contributed by atoms with E-state index in [-0.39, 0.29) is 5.75 Å². The first kappa shape index (κ1) is 12.3. The maximum atomic E-state index is 12.4. The molecule has 0 saturated heterocycles. The van der Waals surface area contributed by atoms with Crippen molar-refractivity contribution in [3.63, 3.8) is 0 Å². The first-order valence-electron chi connectivity index (χ1n) is 5.19. The van der Waals surface area contributed by atoms with Crippen LogP contribution < -0.4 is 5.32 Å². The van der Waals surface area contributed by atoms with E-state index in [9.17, 15) is 18.3 Å². The highest BCUT2D eigenvalue weighted by Gasteiger charge is 2.29. The molecule has 0 bridgehead atoms. The Bertz CT molecular complexity index is 535. The maximum absolute atomic E-state index is 12.4. The van der Waals surface area contributed by atoms with Crippen molar-refractivity contribution >= 4 is 11.4 Å². The van der Waals surface area contributed by atoms with E-state index in [1.54, 1.807) is 18.2 Å². The first-order valence-corrected chi connectivity index (χ1v) is 5.19. The second kappa shape index (κ2) is 4.60. The SMILES string of the molecule is Oc1ccccc1Nc1ccc(C(F)(F)F)cc1. The minimum Gasteiger partial charge on any atom is -0.506 e. The summed E-state index contributed by atoms with van der Waals surface area (Å²) in [6.45, 7) is 0. The summed E-state index contributed by atoms with van der Waals surface area (Å²) < 4.78 is 37.1. The Morgan fingerprint density at radius 2 is 1.50 bits per heavy atom. The van der Waals surface area contributed by atoms with Gasteiger partial charge in [-0.1, -0.05) is 12.1 Å². The first-order chi connectivity index (χ1) is 8.47. The molecule has 94 valence electrons. The Morgan fingerprint density at radius 3 is 2.06 bits per heavy atom. The van der Waals surface area contributed by atoms with Crippen LogP contribution in [0.15, 0.2) is 48.5 Å². The molecule has 0 unspecified atom stereocenters. The molecule has 0 fully saturated rings. The Labute approximate surface area is 102 Å². The number of benzene rings is 2. The molecule has 0 atom stereocenters. The van der Waals surface area contributed by atoms with Crippen molar-refractivity contribution in [2.75, 3.05) is 5.32 Å². The van der Waals surface area contributed by atoms with Gasteiger partial charge in [-0.15, -0.1) is 0 Å². The Balaban J connectivity index is 2.19. The molecule has 2 N–H and O–H groups in total. The third-order valence-corrected chi connectivity index (χ3v) is 2.40. The lowest BCUT2D eigenvalue weighted by Crippen LogP contribution is -2.04. The highest BCUT2D eigenvalue weighted by molar-refractivity contribution is 5.65. The van der Waals surface area contributed by atoms with E-state index in [4.69, 9.17) is 0 Å². The second-order valence-electron chi connectivity index (χ2n) is 3.72. The van der Waals surface area contributed by atoms with Crippen molar-refractivity contribution in [2.24, 2.45) is 0 Å². The third-order valence-electron chi connectivity index (χ3n) is 2.40. The summed E-state index contributed by atoms with van der Waals surface area (Å²) in [6.07, 6.45) is -4.34. The fourth-order valence-electron chi connectivity index (χ4n) is 1.48. The molecule has 2 rings (SSSR count). The van der Waals surface area contributed by atoms with Gasteiger partial charge in [0.05, 0.1) is 11.3 Å². The Kier molecular flexibility index (Phi) is 3.14. The van der Waals surface area contributed by atoms with Gasteiger partial charge in [-0.25, -0.2) is 0 Å². The molecular formula is C13H10F3NO. The lowest BCUT2D eigenvalue weighted by molar-refractivity contribution is -0.137. The van der Waals surface area contributed by atoms with E-state index < -0.39 is 11.7 Å². The number of nitrogens with one attached hydrogen (secondary N) is 1.